The van der Waals surface area contributed by atoms with Crippen LogP contribution in [0.4, 0.5) is 9.59 Å². The Balaban J connectivity index is 2.47. The molecule has 0 aromatic heterocycles. The van der Waals surface area contributed by atoms with Crippen LogP contribution in [0.3, 0.4) is 0 Å². The van der Waals surface area contributed by atoms with Crippen molar-refractivity contribution in [2.75, 3.05) is 19.7 Å². The summed E-state index contributed by atoms with van der Waals surface area (Å²) < 4.78 is 21.4. The number of likely N-dealkylation sites (tertiary alicyclic amines) is 1. The molecule has 0 aromatic rings. The average molecular weight is 499 g/mol. The molecule has 1 aliphatic heterocycles. The van der Waals surface area contributed by atoms with Crippen molar-refractivity contribution in [1.82, 2.24) is 10.2 Å². The predicted molar refractivity (Wildman–Crippen MR) is 130 cm³/mol. The fourth-order valence-corrected chi connectivity index (χ4v) is 3.25. The number of hydrogen-bond acceptors (Lipinski definition) is 8. The van der Waals surface area contributed by atoms with Gasteiger partial charge in [0.2, 0.25) is 0 Å². The third-order valence-corrected chi connectivity index (χ3v) is 4.77. The number of carbonyl (C=O) groups excluding carboxylic acids is 4. The standard InChI is InChI=1S/C25H42N2O8/c1-17(2)20(28)32-14-12-10-9-11-13-26-22(30)33-18-15-19(21(29)34-24(3,4)5)27(16-18)23(31)35-25(6,7)8/h18-19H,1,9-16H2,2-8H3,(H,26,30)/t18?,19-/m0/s1. The summed E-state index contributed by atoms with van der Waals surface area (Å²) in [5.41, 5.74) is -1.08. The number of amides is 2. The van der Waals surface area contributed by atoms with Crippen LogP contribution >= 0.6 is 0 Å². The highest BCUT2D eigenvalue weighted by molar-refractivity contribution is 5.86. The fraction of sp³-hybridized carbons (Fsp3) is 0.760. The van der Waals surface area contributed by atoms with Gasteiger partial charge in [0.25, 0.3) is 0 Å². The van der Waals surface area contributed by atoms with E-state index in [1.54, 1.807) is 48.5 Å². The van der Waals surface area contributed by atoms with Gasteiger partial charge in [-0.05, 0) is 67.7 Å². The van der Waals surface area contributed by atoms with Crippen molar-refractivity contribution in [1.29, 1.82) is 0 Å². The van der Waals surface area contributed by atoms with E-state index >= 15 is 0 Å². The Kier molecular flexibility index (Phi) is 11.5. The Hall–Kier alpha value is -2.78. The smallest absolute Gasteiger partial charge is 0.411 e. The number of unbranched alkanes of at least 4 members (excludes halogenated alkanes) is 3. The normalized spacial score (nSPS) is 18.0. The monoisotopic (exact) mass is 498 g/mol. The molecule has 0 aromatic carbocycles. The molecule has 0 radical (unpaired) electrons. The first-order valence-electron chi connectivity index (χ1n) is 12.1. The molecule has 1 unspecified atom stereocenters. The number of nitrogens with zero attached hydrogens (tertiary/aromatic N) is 1. The molecule has 10 heteroatoms. The summed E-state index contributed by atoms with van der Waals surface area (Å²) in [5, 5.41) is 2.69. The van der Waals surface area contributed by atoms with E-state index in [1.165, 1.54) is 4.90 Å². The minimum absolute atomic E-state index is 0.0369. The summed E-state index contributed by atoms with van der Waals surface area (Å²) in [4.78, 5) is 50.2. The Morgan fingerprint density at radius 2 is 1.54 bits per heavy atom. The lowest BCUT2D eigenvalue weighted by atomic mass is 10.1. The quantitative estimate of drug-likeness (QED) is 0.207. The number of nitrogens with one attached hydrogen (secondary N) is 1. The van der Waals surface area contributed by atoms with Crippen LogP contribution in [0.5, 0.6) is 0 Å². The largest absolute Gasteiger partial charge is 0.462 e. The molecule has 2 atom stereocenters. The summed E-state index contributed by atoms with van der Waals surface area (Å²) in [6.45, 7) is 16.4. The third kappa shape index (κ3) is 12.5. The van der Waals surface area contributed by atoms with E-state index in [1.807, 2.05) is 0 Å². The highest BCUT2D eigenvalue weighted by Gasteiger charge is 2.44. The molecule has 0 spiro atoms. The Bertz CT molecular complexity index is 730. The van der Waals surface area contributed by atoms with Crippen LogP contribution < -0.4 is 5.32 Å². The molecule has 2 amide bonds. The molecule has 1 saturated heterocycles. The minimum atomic E-state index is -0.902. The SMILES string of the molecule is C=C(C)C(=O)OCCCCCCNC(=O)OC1C[C@@H](C(=O)OC(C)(C)C)N(C(=O)OC(C)(C)C)C1. The van der Waals surface area contributed by atoms with Gasteiger partial charge in [0.05, 0.1) is 13.2 Å². The Morgan fingerprint density at radius 3 is 2.11 bits per heavy atom. The van der Waals surface area contributed by atoms with Crippen molar-refractivity contribution in [3.63, 3.8) is 0 Å². The molecule has 1 aliphatic rings. The Morgan fingerprint density at radius 1 is 0.943 bits per heavy atom. The van der Waals surface area contributed by atoms with E-state index in [2.05, 4.69) is 11.9 Å². The van der Waals surface area contributed by atoms with Gasteiger partial charge in [0.15, 0.2) is 0 Å². The van der Waals surface area contributed by atoms with Gasteiger partial charge in [-0.3, -0.25) is 4.90 Å². The van der Waals surface area contributed by atoms with Crippen LogP contribution in [0.15, 0.2) is 12.2 Å². The van der Waals surface area contributed by atoms with E-state index in [0.717, 1.165) is 25.7 Å². The van der Waals surface area contributed by atoms with Crippen molar-refractivity contribution >= 4 is 24.1 Å². The van der Waals surface area contributed by atoms with Gasteiger partial charge < -0.3 is 24.3 Å². The van der Waals surface area contributed by atoms with Crippen LogP contribution in [0.25, 0.3) is 0 Å². The lowest BCUT2D eigenvalue weighted by molar-refractivity contribution is -0.160. The third-order valence-electron chi connectivity index (χ3n) is 4.77. The lowest BCUT2D eigenvalue weighted by Gasteiger charge is -2.29. The summed E-state index contributed by atoms with van der Waals surface area (Å²) >= 11 is 0. The van der Waals surface area contributed by atoms with Crippen molar-refractivity contribution in [3.05, 3.63) is 12.2 Å². The maximum atomic E-state index is 12.7. The molecular weight excluding hydrogens is 456 g/mol. The molecular formula is C25H42N2O8. The first-order chi connectivity index (χ1) is 16.1. The molecule has 35 heavy (non-hydrogen) atoms. The summed E-state index contributed by atoms with van der Waals surface area (Å²) in [6, 6.07) is -0.902. The average Bonchev–Trinajstić information content (AvgIpc) is 3.11. The number of alkyl carbamates (subject to hydrolysis) is 1. The van der Waals surface area contributed by atoms with Crippen molar-refractivity contribution in [2.24, 2.45) is 0 Å². The number of hydrogen-bond donors (Lipinski definition) is 1. The highest BCUT2D eigenvalue weighted by atomic mass is 16.6. The number of rotatable bonds is 10. The summed E-state index contributed by atoms with van der Waals surface area (Å²) in [6.07, 6.45) is 1.37. The van der Waals surface area contributed by atoms with Gasteiger partial charge >= 0.3 is 24.1 Å². The minimum Gasteiger partial charge on any atom is -0.462 e. The zero-order valence-electron chi connectivity index (χ0n) is 22.2. The van der Waals surface area contributed by atoms with Gasteiger partial charge in [-0.25, -0.2) is 19.2 Å². The first-order valence-corrected chi connectivity index (χ1v) is 12.1. The molecule has 1 N–H and O–H groups in total. The van der Waals surface area contributed by atoms with Crippen molar-refractivity contribution < 1.29 is 38.1 Å². The zero-order valence-corrected chi connectivity index (χ0v) is 22.2. The van der Waals surface area contributed by atoms with Crippen molar-refractivity contribution in [2.45, 2.75) is 104 Å². The van der Waals surface area contributed by atoms with Crippen LogP contribution in [0.2, 0.25) is 0 Å². The van der Waals surface area contributed by atoms with Gasteiger partial charge in [-0.1, -0.05) is 13.0 Å². The molecule has 0 saturated carbocycles. The maximum Gasteiger partial charge on any atom is 0.411 e. The molecule has 1 rings (SSSR count). The molecule has 200 valence electrons. The number of carbonyl (C=O) groups is 4. The van der Waals surface area contributed by atoms with Gasteiger partial charge in [-0.2, -0.15) is 0 Å². The van der Waals surface area contributed by atoms with Crippen molar-refractivity contribution in [3.8, 4) is 0 Å². The van der Waals surface area contributed by atoms with E-state index in [4.69, 9.17) is 18.9 Å². The lowest BCUT2D eigenvalue weighted by Crippen LogP contribution is -2.45. The summed E-state index contributed by atoms with van der Waals surface area (Å²) in [7, 11) is 0. The van der Waals surface area contributed by atoms with Crippen LogP contribution in [0.1, 0.15) is 80.6 Å². The second kappa shape index (κ2) is 13.3. The zero-order chi connectivity index (χ0) is 26.8. The van der Waals surface area contributed by atoms with Gasteiger partial charge in [0, 0.05) is 18.5 Å². The van der Waals surface area contributed by atoms with E-state index in [9.17, 15) is 19.2 Å². The van der Waals surface area contributed by atoms with Crippen LogP contribution in [-0.4, -0.2) is 72.1 Å². The first kappa shape index (κ1) is 30.3. The maximum absolute atomic E-state index is 12.7. The second-order valence-corrected chi connectivity index (χ2v) is 10.7. The number of esters is 2. The molecule has 10 nitrogen and oxygen atoms in total. The number of ether oxygens (including phenoxy) is 4. The fourth-order valence-electron chi connectivity index (χ4n) is 3.25. The van der Waals surface area contributed by atoms with E-state index in [0.29, 0.717) is 18.7 Å². The topological polar surface area (TPSA) is 120 Å². The molecule has 1 heterocycles. The molecule has 0 bridgehead atoms. The van der Waals surface area contributed by atoms with Crippen LogP contribution in [0, 0.1) is 0 Å². The van der Waals surface area contributed by atoms with E-state index < -0.39 is 41.5 Å². The Labute approximate surface area is 208 Å². The molecule has 0 aliphatic carbocycles. The molecule has 1 fully saturated rings. The highest BCUT2D eigenvalue weighted by Crippen LogP contribution is 2.26. The van der Waals surface area contributed by atoms with Crippen LogP contribution in [-0.2, 0) is 28.5 Å². The second-order valence-electron chi connectivity index (χ2n) is 10.7. The van der Waals surface area contributed by atoms with Gasteiger partial charge in [0.1, 0.15) is 23.3 Å². The van der Waals surface area contributed by atoms with E-state index in [-0.39, 0.29) is 18.9 Å². The summed E-state index contributed by atoms with van der Waals surface area (Å²) in [5.74, 6) is -0.954. The predicted octanol–water partition coefficient (Wildman–Crippen LogP) is 4.11. The van der Waals surface area contributed by atoms with Gasteiger partial charge in [-0.15, -0.1) is 0 Å².